The van der Waals surface area contributed by atoms with E-state index in [-0.39, 0.29) is 6.10 Å². The van der Waals surface area contributed by atoms with Gasteiger partial charge in [0.25, 0.3) is 0 Å². The van der Waals surface area contributed by atoms with Gasteiger partial charge in [0.2, 0.25) is 0 Å². The second kappa shape index (κ2) is 1.40. The van der Waals surface area contributed by atoms with Crippen molar-refractivity contribution in [1.82, 2.24) is 5.73 Å². The molecule has 0 spiro atoms. The summed E-state index contributed by atoms with van der Waals surface area (Å²) < 4.78 is 4.39. The predicted molar refractivity (Wildman–Crippen MR) is 22.6 cm³/mol. The topological polar surface area (TPSA) is 50.1 Å². The maximum Gasteiger partial charge on any atom is 0.426 e. The lowest BCUT2D eigenvalue weighted by Gasteiger charge is -1.90. The molecule has 0 unspecified atom stereocenters. The Labute approximate surface area is 41.4 Å². The van der Waals surface area contributed by atoms with Crippen LogP contribution in [0.5, 0.6) is 0 Å². The van der Waals surface area contributed by atoms with Gasteiger partial charge in [0.15, 0.2) is 0 Å². The van der Waals surface area contributed by atoms with Crippen LogP contribution in [0.4, 0.5) is 4.79 Å². The van der Waals surface area contributed by atoms with Gasteiger partial charge in [0.1, 0.15) is 6.10 Å². The molecule has 0 aromatic carbocycles. The van der Waals surface area contributed by atoms with Crippen molar-refractivity contribution in [3.05, 3.63) is 0 Å². The van der Waals surface area contributed by atoms with Crippen molar-refractivity contribution in [3.8, 4) is 0 Å². The van der Waals surface area contributed by atoms with Gasteiger partial charge in [0.05, 0.1) is 0 Å². The molecule has 1 fully saturated rings. The number of ether oxygens (including phenoxy) is 1. The van der Waals surface area contributed by atoms with Crippen LogP contribution >= 0.6 is 0 Å². The van der Waals surface area contributed by atoms with Gasteiger partial charge in [-0.05, 0) is 12.8 Å². The van der Waals surface area contributed by atoms with E-state index in [2.05, 4.69) is 4.74 Å². The normalized spacial score (nSPS) is 18.9. The van der Waals surface area contributed by atoms with E-state index >= 15 is 0 Å². The summed E-state index contributed by atoms with van der Waals surface area (Å²) in [5.74, 6) is 0. The molecule has 0 heterocycles. The molecular weight excluding hydrogens is 94.0 g/mol. The van der Waals surface area contributed by atoms with Crippen LogP contribution in [-0.4, -0.2) is 12.2 Å². The molecule has 39 valence electrons. The maximum atomic E-state index is 9.74. The largest absolute Gasteiger partial charge is 0.445 e. The van der Waals surface area contributed by atoms with Crippen molar-refractivity contribution >= 4 is 6.09 Å². The second-order valence-electron chi connectivity index (χ2n) is 1.60. The SMILES string of the molecule is [NH]C(=O)OC1CC1. The third-order valence-electron chi connectivity index (χ3n) is 0.798. The van der Waals surface area contributed by atoms with Gasteiger partial charge < -0.3 is 4.74 Å². The van der Waals surface area contributed by atoms with Gasteiger partial charge in [-0.25, -0.2) is 10.5 Å². The van der Waals surface area contributed by atoms with Crippen molar-refractivity contribution < 1.29 is 9.53 Å². The first-order chi connectivity index (χ1) is 3.29. The summed E-state index contributed by atoms with van der Waals surface area (Å²) in [5, 5.41) is 0. The van der Waals surface area contributed by atoms with Crippen molar-refractivity contribution in [2.45, 2.75) is 18.9 Å². The van der Waals surface area contributed by atoms with Gasteiger partial charge >= 0.3 is 6.09 Å². The van der Waals surface area contributed by atoms with Gasteiger partial charge in [-0.1, -0.05) is 0 Å². The minimum atomic E-state index is -0.900. The average Bonchev–Trinajstić information content (AvgIpc) is 2.17. The number of rotatable bonds is 1. The van der Waals surface area contributed by atoms with Crippen LogP contribution in [0, 0.1) is 0 Å². The van der Waals surface area contributed by atoms with Crippen molar-refractivity contribution in [1.29, 1.82) is 0 Å². The highest BCUT2D eigenvalue weighted by atomic mass is 16.6. The lowest BCUT2D eigenvalue weighted by molar-refractivity contribution is 0.148. The molecule has 7 heavy (non-hydrogen) atoms. The standard InChI is InChI=1S/C4H6NO2/c5-4(6)7-3-1-2-3/h3,5H,1-2H2. The van der Waals surface area contributed by atoms with E-state index in [4.69, 9.17) is 5.73 Å². The molecule has 1 saturated carbocycles. The lowest BCUT2D eigenvalue weighted by Crippen LogP contribution is -2.02. The number of carbonyl (C=O) groups is 1. The molecule has 0 atom stereocenters. The van der Waals surface area contributed by atoms with E-state index < -0.39 is 6.09 Å². The molecule has 0 aromatic heterocycles. The van der Waals surface area contributed by atoms with E-state index in [1.165, 1.54) is 0 Å². The monoisotopic (exact) mass is 100 g/mol. The van der Waals surface area contributed by atoms with E-state index in [9.17, 15) is 4.79 Å². The fourth-order valence-electron chi connectivity index (χ4n) is 0.337. The Hall–Kier alpha value is -0.730. The molecule has 1 aliphatic rings. The Morgan fingerprint density at radius 2 is 2.29 bits per heavy atom. The van der Waals surface area contributed by atoms with Crippen LogP contribution in [0.2, 0.25) is 0 Å². The molecule has 1 rings (SSSR count). The van der Waals surface area contributed by atoms with Crippen molar-refractivity contribution in [3.63, 3.8) is 0 Å². The first kappa shape index (κ1) is 4.43. The third-order valence-corrected chi connectivity index (χ3v) is 0.798. The third kappa shape index (κ3) is 1.43. The minimum absolute atomic E-state index is 0.0880. The lowest BCUT2D eigenvalue weighted by atomic mass is 10.8. The van der Waals surface area contributed by atoms with E-state index in [1.54, 1.807) is 0 Å². The smallest absolute Gasteiger partial charge is 0.426 e. The number of nitrogens with one attached hydrogen (secondary N) is 1. The first-order valence-electron chi connectivity index (χ1n) is 2.21. The van der Waals surface area contributed by atoms with Gasteiger partial charge in [-0.2, -0.15) is 0 Å². The number of carbonyl (C=O) groups excluding carboxylic acids is 1. The summed E-state index contributed by atoms with van der Waals surface area (Å²) >= 11 is 0. The molecule has 1 amide bonds. The number of amides is 1. The fraction of sp³-hybridized carbons (Fsp3) is 0.750. The molecule has 1 radical (unpaired) electrons. The Kier molecular flexibility index (Phi) is 0.889. The number of hydrogen-bond donors (Lipinski definition) is 0. The molecular formula is C4H6NO2. The highest BCUT2D eigenvalue weighted by molar-refractivity contribution is 5.64. The molecule has 1 aliphatic carbocycles. The van der Waals surface area contributed by atoms with Crippen LogP contribution < -0.4 is 5.73 Å². The zero-order chi connectivity index (χ0) is 5.28. The Morgan fingerprint density at radius 1 is 1.71 bits per heavy atom. The molecule has 0 saturated heterocycles. The molecule has 1 N–H and O–H groups in total. The van der Waals surface area contributed by atoms with Gasteiger partial charge in [-0.15, -0.1) is 0 Å². The highest BCUT2D eigenvalue weighted by Gasteiger charge is 2.24. The van der Waals surface area contributed by atoms with Gasteiger partial charge in [-0.3, -0.25) is 0 Å². The molecule has 0 aromatic rings. The maximum absolute atomic E-state index is 9.74. The summed E-state index contributed by atoms with van der Waals surface area (Å²) in [6, 6.07) is 0. The summed E-state index contributed by atoms with van der Waals surface area (Å²) in [5.41, 5.74) is 6.29. The Balaban J connectivity index is 2.08. The highest BCUT2D eigenvalue weighted by Crippen LogP contribution is 2.22. The van der Waals surface area contributed by atoms with Crippen molar-refractivity contribution in [2.24, 2.45) is 0 Å². The Bertz CT molecular complexity index is 87.7. The molecule has 3 nitrogen and oxygen atoms in total. The van der Waals surface area contributed by atoms with E-state index in [0.29, 0.717) is 0 Å². The summed E-state index contributed by atoms with van der Waals surface area (Å²) in [6.07, 6.45) is 1.09. The second-order valence-corrected chi connectivity index (χ2v) is 1.60. The van der Waals surface area contributed by atoms with Crippen LogP contribution in [0.1, 0.15) is 12.8 Å². The minimum Gasteiger partial charge on any atom is -0.445 e. The van der Waals surface area contributed by atoms with E-state index in [1.807, 2.05) is 0 Å². The summed E-state index contributed by atoms with van der Waals surface area (Å²) in [4.78, 5) is 9.74. The summed E-state index contributed by atoms with van der Waals surface area (Å²) in [6.45, 7) is 0. The quantitative estimate of drug-likeness (QED) is 0.483. The zero-order valence-electron chi connectivity index (χ0n) is 3.81. The average molecular weight is 100 g/mol. The van der Waals surface area contributed by atoms with Gasteiger partial charge in [0, 0.05) is 0 Å². The van der Waals surface area contributed by atoms with Crippen LogP contribution in [0.15, 0.2) is 0 Å². The fourth-order valence-corrected chi connectivity index (χ4v) is 0.337. The zero-order valence-corrected chi connectivity index (χ0v) is 3.81. The van der Waals surface area contributed by atoms with Crippen molar-refractivity contribution in [2.75, 3.05) is 0 Å². The predicted octanol–water partition coefficient (Wildman–Crippen LogP) is 0.568. The van der Waals surface area contributed by atoms with Crippen LogP contribution in [0.25, 0.3) is 0 Å². The Morgan fingerprint density at radius 3 is 2.43 bits per heavy atom. The molecule has 0 bridgehead atoms. The van der Waals surface area contributed by atoms with E-state index in [0.717, 1.165) is 12.8 Å². The first-order valence-corrected chi connectivity index (χ1v) is 2.21. The van der Waals surface area contributed by atoms with Crippen LogP contribution in [0.3, 0.4) is 0 Å². The molecule has 0 aliphatic heterocycles. The summed E-state index contributed by atoms with van der Waals surface area (Å²) in [7, 11) is 0. The molecule has 3 heteroatoms. The van der Waals surface area contributed by atoms with Crippen LogP contribution in [-0.2, 0) is 4.74 Å². The number of hydrogen-bond acceptors (Lipinski definition) is 2.